The molecule has 0 aromatic carbocycles. The largest absolute Gasteiger partial charge is 0.481 e. The number of nitrogens with zero attached hydrogens (tertiary/aromatic N) is 2. The Balaban J connectivity index is 2.07. The van der Waals surface area contributed by atoms with E-state index in [1.165, 1.54) is 0 Å². The van der Waals surface area contributed by atoms with E-state index in [9.17, 15) is 0 Å². The third-order valence-electron chi connectivity index (χ3n) is 4.14. The molecule has 19 heavy (non-hydrogen) atoms. The Hall–Kier alpha value is -1.13. The van der Waals surface area contributed by atoms with Gasteiger partial charge in [-0.1, -0.05) is 13.0 Å². The van der Waals surface area contributed by atoms with E-state index in [1.54, 1.807) is 7.11 Å². The summed E-state index contributed by atoms with van der Waals surface area (Å²) in [5.41, 5.74) is 1.29. The number of hydrogen-bond acceptors (Lipinski definition) is 4. The van der Waals surface area contributed by atoms with Crippen LogP contribution in [0.1, 0.15) is 32.9 Å². The van der Waals surface area contributed by atoms with Crippen LogP contribution >= 0.6 is 0 Å². The van der Waals surface area contributed by atoms with Crippen molar-refractivity contribution in [3.63, 3.8) is 0 Å². The molecule has 0 saturated carbocycles. The Morgan fingerprint density at radius 1 is 1.53 bits per heavy atom. The molecule has 1 aliphatic rings. The lowest BCUT2D eigenvalue weighted by atomic mass is 9.93. The average molecular weight is 263 g/mol. The number of piperazine rings is 1. The highest BCUT2D eigenvalue weighted by Crippen LogP contribution is 2.20. The highest BCUT2D eigenvalue weighted by molar-refractivity contribution is 5.16. The number of ether oxygens (including phenoxy) is 1. The first-order chi connectivity index (χ1) is 9.06. The summed E-state index contributed by atoms with van der Waals surface area (Å²) in [6.07, 6.45) is 1.14. The molecule has 0 aliphatic carbocycles. The first-order valence-electron chi connectivity index (χ1n) is 7.05. The molecule has 106 valence electrons. The molecule has 2 atom stereocenters. The second-order valence-electron chi connectivity index (χ2n) is 5.72. The van der Waals surface area contributed by atoms with Crippen molar-refractivity contribution in [3.8, 4) is 5.88 Å². The molecule has 4 heteroatoms. The van der Waals surface area contributed by atoms with Gasteiger partial charge < -0.3 is 10.1 Å². The van der Waals surface area contributed by atoms with Crippen molar-refractivity contribution in [2.24, 2.45) is 0 Å². The van der Waals surface area contributed by atoms with Crippen molar-refractivity contribution in [1.29, 1.82) is 0 Å². The summed E-state index contributed by atoms with van der Waals surface area (Å²) in [5, 5.41) is 3.65. The zero-order valence-corrected chi connectivity index (χ0v) is 12.4. The Kier molecular flexibility index (Phi) is 4.42. The van der Waals surface area contributed by atoms with Gasteiger partial charge in [-0.05, 0) is 26.3 Å². The third kappa shape index (κ3) is 3.45. The molecule has 2 rings (SSSR count). The van der Waals surface area contributed by atoms with Crippen molar-refractivity contribution >= 4 is 0 Å². The molecule has 1 fully saturated rings. The molecule has 0 bridgehead atoms. The molecule has 0 spiro atoms. The van der Waals surface area contributed by atoms with Crippen LogP contribution in [0.5, 0.6) is 5.88 Å². The minimum absolute atomic E-state index is 0.214. The molecular weight excluding hydrogens is 238 g/mol. The van der Waals surface area contributed by atoms with Gasteiger partial charge in [0.15, 0.2) is 0 Å². The van der Waals surface area contributed by atoms with Gasteiger partial charge in [0.1, 0.15) is 0 Å². The topological polar surface area (TPSA) is 37.4 Å². The van der Waals surface area contributed by atoms with Crippen LogP contribution in [0.2, 0.25) is 0 Å². The Labute approximate surface area is 116 Å². The van der Waals surface area contributed by atoms with Crippen LogP contribution in [-0.4, -0.2) is 41.7 Å². The Bertz CT molecular complexity index is 424. The number of rotatable bonds is 4. The number of hydrogen-bond donors (Lipinski definition) is 1. The lowest BCUT2D eigenvalue weighted by molar-refractivity contribution is 0.0853. The van der Waals surface area contributed by atoms with Gasteiger partial charge in [0, 0.05) is 37.3 Å². The summed E-state index contributed by atoms with van der Waals surface area (Å²) >= 11 is 0. The predicted octanol–water partition coefficient (Wildman–Crippen LogP) is 2.05. The van der Waals surface area contributed by atoms with Gasteiger partial charge in [-0.2, -0.15) is 0 Å². The lowest BCUT2D eigenvalue weighted by Crippen LogP contribution is -2.61. The predicted molar refractivity (Wildman–Crippen MR) is 77.4 cm³/mol. The van der Waals surface area contributed by atoms with E-state index in [1.807, 2.05) is 12.1 Å². The van der Waals surface area contributed by atoms with Crippen molar-refractivity contribution < 1.29 is 4.74 Å². The van der Waals surface area contributed by atoms with Crippen molar-refractivity contribution in [3.05, 3.63) is 23.9 Å². The quantitative estimate of drug-likeness (QED) is 0.902. The fourth-order valence-corrected chi connectivity index (χ4v) is 2.50. The maximum absolute atomic E-state index is 5.19. The van der Waals surface area contributed by atoms with Crippen LogP contribution < -0.4 is 10.1 Å². The number of aromatic nitrogens is 1. The van der Waals surface area contributed by atoms with Crippen molar-refractivity contribution in [2.45, 2.75) is 45.3 Å². The van der Waals surface area contributed by atoms with Gasteiger partial charge in [0.25, 0.3) is 0 Å². The van der Waals surface area contributed by atoms with Crippen LogP contribution in [0.15, 0.2) is 18.2 Å². The SMILES string of the molecule is CCC1(C)CN(Cc2cccc(OC)n2)C(C)CN1. The van der Waals surface area contributed by atoms with Gasteiger partial charge in [-0.25, -0.2) is 4.98 Å². The van der Waals surface area contributed by atoms with Crippen LogP contribution in [0.4, 0.5) is 0 Å². The highest BCUT2D eigenvalue weighted by Gasteiger charge is 2.32. The minimum atomic E-state index is 0.214. The summed E-state index contributed by atoms with van der Waals surface area (Å²) in [5.74, 6) is 0.693. The maximum atomic E-state index is 5.19. The van der Waals surface area contributed by atoms with Crippen LogP contribution in [0.25, 0.3) is 0 Å². The molecule has 0 amide bonds. The van der Waals surface area contributed by atoms with Gasteiger partial charge in [0.2, 0.25) is 5.88 Å². The summed E-state index contributed by atoms with van der Waals surface area (Å²) in [6.45, 7) is 9.78. The molecule has 1 N–H and O–H groups in total. The van der Waals surface area contributed by atoms with Crippen molar-refractivity contribution in [2.75, 3.05) is 20.2 Å². The fraction of sp³-hybridized carbons (Fsp3) is 0.667. The molecular formula is C15H25N3O. The smallest absolute Gasteiger partial charge is 0.213 e. The molecule has 2 unspecified atom stereocenters. The van der Waals surface area contributed by atoms with Crippen molar-refractivity contribution in [1.82, 2.24) is 15.2 Å². The van der Waals surface area contributed by atoms with E-state index in [-0.39, 0.29) is 5.54 Å². The first kappa shape index (κ1) is 14.3. The summed E-state index contributed by atoms with van der Waals surface area (Å²) in [6, 6.07) is 6.50. The van der Waals surface area contributed by atoms with Gasteiger partial charge in [-0.15, -0.1) is 0 Å². The van der Waals surface area contributed by atoms with E-state index in [0.717, 1.165) is 31.7 Å². The third-order valence-corrected chi connectivity index (χ3v) is 4.14. The van der Waals surface area contributed by atoms with E-state index >= 15 is 0 Å². The maximum Gasteiger partial charge on any atom is 0.213 e. The zero-order valence-electron chi connectivity index (χ0n) is 12.4. The molecule has 4 nitrogen and oxygen atoms in total. The van der Waals surface area contributed by atoms with Gasteiger partial charge >= 0.3 is 0 Å². The monoisotopic (exact) mass is 263 g/mol. The molecule has 2 heterocycles. The number of methoxy groups -OCH3 is 1. The summed E-state index contributed by atoms with van der Waals surface area (Å²) in [4.78, 5) is 7.01. The molecule has 0 radical (unpaired) electrons. The number of nitrogens with one attached hydrogen (secondary N) is 1. The lowest BCUT2D eigenvalue weighted by Gasteiger charge is -2.44. The fourth-order valence-electron chi connectivity index (χ4n) is 2.50. The van der Waals surface area contributed by atoms with Gasteiger partial charge in [0.05, 0.1) is 12.8 Å². The normalized spacial score (nSPS) is 28.3. The summed E-state index contributed by atoms with van der Waals surface area (Å²) in [7, 11) is 1.66. The molecule has 1 aromatic rings. The van der Waals surface area contributed by atoms with Gasteiger partial charge in [-0.3, -0.25) is 4.90 Å². The molecule has 1 aliphatic heterocycles. The van der Waals surface area contributed by atoms with Crippen LogP contribution in [0.3, 0.4) is 0 Å². The molecule has 1 aromatic heterocycles. The highest BCUT2D eigenvalue weighted by atomic mass is 16.5. The van der Waals surface area contributed by atoms with E-state index in [2.05, 4.69) is 42.0 Å². The Morgan fingerprint density at radius 3 is 3.00 bits per heavy atom. The second kappa shape index (κ2) is 5.88. The zero-order chi connectivity index (χ0) is 13.9. The summed E-state index contributed by atoms with van der Waals surface area (Å²) < 4.78 is 5.19. The van der Waals surface area contributed by atoms with E-state index in [0.29, 0.717) is 11.9 Å². The van der Waals surface area contributed by atoms with E-state index in [4.69, 9.17) is 4.74 Å². The standard InChI is InChI=1S/C15H25N3O/c1-5-15(3)11-18(12(2)9-16-15)10-13-7-6-8-14(17-13)19-4/h6-8,12,16H,5,9-11H2,1-4H3. The molecule has 1 saturated heterocycles. The Morgan fingerprint density at radius 2 is 2.32 bits per heavy atom. The van der Waals surface area contributed by atoms with E-state index < -0.39 is 0 Å². The average Bonchev–Trinajstić information content (AvgIpc) is 2.43. The minimum Gasteiger partial charge on any atom is -0.481 e. The van der Waals surface area contributed by atoms with Crippen LogP contribution in [-0.2, 0) is 6.54 Å². The second-order valence-corrected chi connectivity index (χ2v) is 5.72. The first-order valence-corrected chi connectivity index (χ1v) is 7.05. The van der Waals surface area contributed by atoms with Crippen LogP contribution in [0, 0.1) is 0 Å². The number of pyridine rings is 1.